The fourth-order valence-electron chi connectivity index (χ4n) is 2.82. The number of carbonyl (C=O) groups is 1. The van der Waals surface area contributed by atoms with Crippen LogP contribution in [0.5, 0.6) is 0 Å². The van der Waals surface area contributed by atoms with E-state index in [4.69, 9.17) is 0 Å². The lowest BCUT2D eigenvalue weighted by Gasteiger charge is -2.27. The van der Waals surface area contributed by atoms with Crippen LogP contribution < -0.4 is 15.1 Å². The van der Waals surface area contributed by atoms with E-state index < -0.39 is 0 Å². The summed E-state index contributed by atoms with van der Waals surface area (Å²) in [7, 11) is 2.22. The molecule has 0 unspecified atom stereocenters. The Morgan fingerprint density at radius 2 is 1.95 bits per heavy atom. The lowest BCUT2D eigenvalue weighted by molar-refractivity contribution is -0.999. The lowest BCUT2D eigenvalue weighted by Crippen LogP contribution is -3.27. The highest BCUT2D eigenvalue weighted by molar-refractivity contribution is 5.93. The smallest absolute Gasteiger partial charge is 0.279 e. The van der Waals surface area contributed by atoms with Gasteiger partial charge in [-0.2, -0.15) is 0 Å². The summed E-state index contributed by atoms with van der Waals surface area (Å²) in [5.74, 6) is 0.142. The van der Waals surface area contributed by atoms with Crippen molar-refractivity contribution < 1.29 is 14.6 Å². The van der Waals surface area contributed by atoms with Crippen LogP contribution in [0.15, 0.2) is 18.2 Å². The van der Waals surface area contributed by atoms with E-state index in [9.17, 15) is 4.79 Å². The van der Waals surface area contributed by atoms with Crippen LogP contribution in [0.4, 0.5) is 5.69 Å². The minimum atomic E-state index is 0.142. The number of quaternary nitrogens is 2. The zero-order valence-electron chi connectivity index (χ0n) is 12.9. The Morgan fingerprint density at radius 3 is 2.60 bits per heavy atom. The SMILES string of the molecule is CCc1cccc(C)c1NC(=O)C[NH+]1CC[NH+](C)CC1. The molecule has 0 bridgehead atoms. The van der Waals surface area contributed by atoms with E-state index in [1.807, 2.05) is 0 Å². The Morgan fingerprint density at radius 1 is 1.25 bits per heavy atom. The molecule has 1 aliphatic heterocycles. The number of carbonyl (C=O) groups excluding carboxylic acids is 1. The van der Waals surface area contributed by atoms with Crippen LogP contribution in [0.1, 0.15) is 18.1 Å². The summed E-state index contributed by atoms with van der Waals surface area (Å²) in [6.45, 7) is 9.27. The molecule has 0 saturated carbocycles. The number of anilines is 1. The maximum absolute atomic E-state index is 12.2. The minimum absolute atomic E-state index is 0.142. The fourth-order valence-corrected chi connectivity index (χ4v) is 2.82. The number of rotatable bonds is 4. The second-order valence-corrected chi connectivity index (χ2v) is 5.89. The average molecular weight is 277 g/mol. The second kappa shape index (κ2) is 6.86. The number of hydrogen-bond donors (Lipinski definition) is 3. The van der Waals surface area contributed by atoms with Crippen molar-refractivity contribution in [2.45, 2.75) is 20.3 Å². The Balaban J connectivity index is 1.95. The van der Waals surface area contributed by atoms with Crippen LogP contribution >= 0.6 is 0 Å². The van der Waals surface area contributed by atoms with Gasteiger partial charge in [0.15, 0.2) is 6.54 Å². The molecule has 1 heterocycles. The summed E-state index contributed by atoms with van der Waals surface area (Å²) in [5.41, 5.74) is 3.38. The van der Waals surface area contributed by atoms with Gasteiger partial charge < -0.3 is 15.1 Å². The van der Waals surface area contributed by atoms with Crippen molar-refractivity contribution in [3.63, 3.8) is 0 Å². The van der Waals surface area contributed by atoms with E-state index in [1.54, 1.807) is 4.90 Å². The van der Waals surface area contributed by atoms with Gasteiger partial charge in [-0.25, -0.2) is 0 Å². The van der Waals surface area contributed by atoms with Crippen molar-refractivity contribution in [2.24, 2.45) is 0 Å². The molecule has 0 spiro atoms. The molecule has 1 saturated heterocycles. The molecule has 1 aromatic rings. The topological polar surface area (TPSA) is 38.0 Å². The Bertz CT molecular complexity index is 465. The van der Waals surface area contributed by atoms with Crippen LogP contribution in [0.3, 0.4) is 0 Å². The minimum Gasteiger partial charge on any atom is -0.328 e. The van der Waals surface area contributed by atoms with Gasteiger partial charge >= 0.3 is 0 Å². The van der Waals surface area contributed by atoms with Crippen LogP contribution in [0, 0.1) is 6.92 Å². The predicted molar refractivity (Wildman–Crippen MR) is 81.4 cm³/mol. The summed E-state index contributed by atoms with van der Waals surface area (Å²) in [6, 6.07) is 6.20. The molecule has 3 N–H and O–H groups in total. The van der Waals surface area contributed by atoms with E-state index in [1.165, 1.54) is 10.5 Å². The van der Waals surface area contributed by atoms with Gasteiger partial charge in [-0.05, 0) is 24.5 Å². The summed E-state index contributed by atoms with van der Waals surface area (Å²) < 4.78 is 0. The largest absolute Gasteiger partial charge is 0.328 e. The molecular formula is C16H27N3O+2. The third-order valence-corrected chi connectivity index (χ3v) is 4.23. The quantitative estimate of drug-likeness (QED) is 0.643. The van der Waals surface area contributed by atoms with Gasteiger partial charge in [0.2, 0.25) is 0 Å². The molecule has 1 amide bonds. The Kier molecular flexibility index (Phi) is 5.15. The van der Waals surface area contributed by atoms with Gasteiger partial charge in [-0.15, -0.1) is 0 Å². The zero-order valence-corrected chi connectivity index (χ0v) is 12.9. The van der Waals surface area contributed by atoms with Gasteiger partial charge in [0.1, 0.15) is 26.2 Å². The molecule has 20 heavy (non-hydrogen) atoms. The molecule has 1 aliphatic rings. The van der Waals surface area contributed by atoms with Gasteiger partial charge in [-0.3, -0.25) is 4.79 Å². The number of piperazine rings is 1. The van der Waals surface area contributed by atoms with Gasteiger partial charge in [0.05, 0.1) is 7.05 Å². The average Bonchev–Trinajstić information content (AvgIpc) is 2.43. The summed E-state index contributed by atoms with van der Waals surface area (Å²) in [5, 5.41) is 3.12. The second-order valence-electron chi connectivity index (χ2n) is 5.89. The van der Waals surface area contributed by atoms with E-state index in [0.29, 0.717) is 6.54 Å². The van der Waals surface area contributed by atoms with Crippen molar-refractivity contribution in [3.8, 4) is 0 Å². The maximum Gasteiger partial charge on any atom is 0.279 e. The summed E-state index contributed by atoms with van der Waals surface area (Å²) >= 11 is 0. The first-order valence-corrected chi connectivity index (χ1v) is 7.63. The van der Waals surface area contributed by atoms with Crippen molar-refractivity contribution in [3.05, 3.63) is 29.3 Å². The number of benzene rings is 1. The molecular weight excluding hydrogens is 250 g/mol. The van der Waals surface area contributed by atoms with E-state index in [-0.39, 0.29) is 5.91 Å². The monoisotopic (exact) mass is 277 g/mol. The highest BCUT2D eigenvalue weighted by Gasteiger charge is 2.22. The highest BCUT2D eigenvalue weighted by Crippen LogP contribution is 2.20. The third kappa shape index (κ3) is 3.81. The summed E-state index contributed by atoms with van der Waals surface area (Å²) in [4.78, 5) is 15.2. The Hall–Kier alpha value is -1.39. The third-order valence-electron chi connectivity index (χ3n) is 4.23. The van der Waals surface area contributed by atoms with Crippen molar-refractivity contribution in [2.75, 3.05) is 45.1 Å². The van der Waals surface area contributed by atoms with Crippen molar-refractivity contribution in [1.82, 2.24) is 0 Å². The Labute approximate surface area is 121 Å². The van der Waals surface area contributed by atoms with Gasteiger partial charge in [-0.1, -0.05) is 25.1 Å². The van der Waals surface area contributed by atoms with Crippen molar-refractivity contribution in [1.29, 1.82) is 0 Å². The standard InChI is InChI=1S/C16H25N3O/c1-4-14-7-5-6-13(2)16(14)17-15(20)12-19-10-8-18(3)9-11-19/h5-7H,4,8-12H2,1-3H3,(H,17,20)/p+2. The van der Waals surface area contributed by atoms with Crippen LogP contribution in [-0.2, 0) is 11.2 Å². The van der Waals surface area contributed by atoms with Crippen LogP contribution in [0.2, 0.25) is 0 Å². The highest BCUT2D eigenvalue weighted by atomic mass is 16.2. The first-order chi connectivity index (χ1) is 9.60. The molecule has 1 aromatic carbocycles. The molecule has 0 atom stereocenters. The molecule has 2 rings (SSSR count). The normalized spacial score (nSPS) is 22.6. The number of para-hydroxylation sites is 1. The molecule has 1 fully saturated rings. The molecule has 4 heteroatoms. The van der Waals surface area contributed by atoms with E-state index >= 15 is 0 Å². The first-order valence-electron chi connectivity index (χ1n) is 7.63. The van der Waals surface area contributed by atoms with Gasteiger partial charge in [0, 0.05) is 5.69 Å². The zero-order chi connectivity index (χ0) is 14.5. The molecule has 0 radical (unpaired) electrons. The molecule has 4 nitrogen and oxygen atoms in total. The molecule has 0 aliphatic carbocycles. The molecule has 110 valence electrons. The van der Waals surface area contributed by atoms with E-state index in [2.05, 4.69) is 44.4 Å². The predicted octanol–water partition coefficient (Wildman–Crippen LogP) is -1.09. The lowest BCUT2D eigenvalue weighted by atomic mass is 10.1. The number of amides is 1. The maximum atomic E-state index is 12.2. The van der Waals surface area contributed by atoms with E-state index in [0.717, 1.165) is 43.9 Å². The van der Waals surface area contributed by atoms with Crippen LogP contribution in [-0.4, -0.2) is 45.7 Å². The van der Waals surface area contributed by atoms with Gasteiger partial charge in [0.25, 0.3) is 5.91 Å². The molecule has 0 aromatic heterocycles. The summed E-state index contributed by atoms with van der Waals surface area (Å²) in [6.07, 6.45) is 0.946. The van der Waals surface area contributed by atoms with Crippen molar-refractivity contribution >= 4 is 11.6 Å². The fraction of sp³-hybridized carbons (Fsp3) is 0.562. The number of aryl methyl sites for hydroxylation is 2. The number of nitrogens with one attached hydrogen (secondary N) is 3. The number of hydrogen-bond acceptors (Lipinski definition) is 1. The number of likely N-dealkylation sites (N-methyl/N-ethyl adjacent to an activating group) is 1. The van der Waals surface area contributed by atoms with Crippen LogP contribution in [0.25, 0.3) is 0 Å². The first kappa shape index (κ1) is 15.0.